The topological polar surface area (TPSA) is 37.8 Å². The van der Waals surface area contributed by atoms with Gasteiger partial charge in [-0.1, -0.05) is 35.0 Å². The molecule has 0 fully saturated rings. The standard InChI is InChI=1S/C14H16BrN3/c1-3-12-13(10-5-7-11(15)8-6-10)17-9-18-14(12)16-4-2/h5-9H,3-4H2,1-2H3,(H,16,17,18). The highest BCUT2D eigenvalue weighted by Gasteiger charge is 2.10. The molecule has 0 saturated carbocycles. The highest BCUT2D eigenvalue weighted by molar-refractivity contribution is 9.10. The van der Waals surface area contributed by atoms with Crippen LogP contribution in [0.1, 0.15) is 19.4 Å². The highest BCUT2D eigenvalue weighted by atomic mass is 79.9. The molecule has 1 N–H and O–H groups in total. The van der Waals surface area contributed by atoms with Crippen LogP contribution in [0, 0.1) is 0 Å². The summed E-state index contributed by atoms with van der Waals surface area (Å²) in [4.78, 5) is 8.74. The van der Waals surface area contributed by atoms with Gasteiger partial charge in [-0.25, -0.2) is 9.97 Å². The van der Waals surface area contributed by atoms with Gasteiger partial charge in [0.25, 0.3) is 0 Å². The van der Waals surface area contributed by atoms with Gasteiger partial charge in [0.2, 0.25) is 0 Å². The van der Waals surface area contributed by atoms with E-state index < -0.39 is 0 Å². The Hall–Kier alpha value is -1.42. The van der Waals surface area contributed by atoms with Gasteiger partial charge >= 0.3 is 0 Å². The fourth-order valence-corrected chi connectivity index (χ4v) is 2.19. The average Bonchev–Trinajstić information content (AvgIpc) is 2.40. The van der Waals surface area contributed by atoms with Gasteiger partial charge in [-0.05, 0) is 25.5 Å². The van der Waals surface area contributed by atoms with E-state index in [4.69, 9.17) is 0 Å². The maximum Gasteiger partial charge on any atom is 0.133 e. The number of hydrogen-bond acceptors (Lipinski definition) is 3. The first-order valence-corrected chi connectivity index (χ1v) is 6.89. The summed E-state index contributed by atoms with van der Waals surface area (Å²) in [7, 11) is 0. The molecular weight excluding hydrogens is 290 g/mol. The summed E-state index contributed by atoms with van der Waals surface area (Å²) in [5, 5.41) is 3.29. The molecule has 0 bridgehead atoms. The Kier molecular flexibility index (Phi) is 4.31. The molecule has 18 heavy (non-hydrogen) atoms. The average molecular weight is 306 g/mol. The van der Waals surface area contributed by atoms with Crippen LogP contribution in [0.25, 0.3) is 11.3 Å². The molecule has 1 heterocycles. The monoisotopic (exact) mass is 305 g/mol. The van der Waals surface area contributed by atoms with E-state index in [1.54, 1.807) is 6.33 Å². The number of rotatable bonds is 4. The van der Waals surface area contributed by atoms with Crippen molar-refractivity contribution in [2.75, 3.05) is 11.9 Å². The van der Waals surface area contributed by atoms with Crippen LogP contribution in [0.4, 0.5) is 5.82 Å². The van der Waals surface area contributed by atoms with Gasteiger partial charge in [-0.3, -0.25) is 0 Å². The molecular formula is C14H16BrN3. The number of nitrogens with zero attached hydrogens (tertiary/aromatic N) is 2. The summed E-state index contributed by atoms with van der Waals surface area (Å²) in [6, 6.07) is 8.20. The lowest BCUT2D eigenvalue weighted by Crippen LogP contribution is -2.05. The number of nitrogens with one attached hydrogen (secondary N) is 1. The number of hydrogen-bond donors (Lipinski definition) is 1. The van der Waals surface area contributed by atoms with Crippen molar-refractivity contribution in [3.05, 3.63) is 40.6 Å². The van der Waals surface area contributed by atoms with E-state index in [1.165, 1.54) is 5.56 Å². The van der Waals surface area contributed by atoms with Crippen molar-refractivity contribution in [1.29, 1.82) is 0 Å². The Balaban J connectivity index is 2.49. The summed E-state index contributed by atoms with van der Waals surface area (Å²) < 4.78 is 1.07. The second-order valence-electron chi connectivity index (χ2n) is 3.94. The van der Waals surface area contributed by atoms with Crippen molar-refractivity contribution in [3.8, 4) is 11.3 Å². The Labute approximate surface area is 116 Å². The molecule has 3 nitrogen and oxygen atoms in total. The van der Waals surface area contributed by atoms with Crippen LogP contribution in [0.5, 0.6) is 0 Å². The quantitative estimate of drug-likeness (QED) is 0.931. The molecule has 0 spiro atoms. The molecule has 0 amide bonds. The fourth-order valence-electron chi connectivity index (χ4n) is 1.92. The summed E-state index contributed by atoms with van der Waals surface area (Å²) in [5.74, 6) is 0.938. The predicted molar refractivity (Wildman–Crippen MR) is 78.7 cm³/mol. The van der Waals surface area contributed by atoms with Crippen molar-refractivity contribution < 1.29 is 0 Å². The van der Waals surface area contributed by atoms with Crippen LogP contribution in [-0.4, -0.2) is 16.5 Å². The van der Waals surface area contributed by atoms with Crippen molar-refractivity contribution in [2.45, 2.75) is 20.3 Å². The minimum Gasteiger partial charge on any atom is -0.370 e. The van der Waals surface area contributed by atoms with Gasteiger partial charge in [0.1, 0.15) is 12.1 Å². The van der Waals surface area contributed by atoms with E-state index in [9.17, 15) is 0 Å². The molecule has 0 aliphatic carbocycles. The summed E-state index contributed by atoms with van der Waals surface area (Å²) in [5.41, 5.74) is 3.30. The SMILES string of the molecule is CCNc1ncnc(-c2ccc(Br)cc2)c1CC. The predicted octanol–water partition coefficient (Wildman–Crippen LogP) is 3.90. The fraction of sp³-hybridized carbons (Fsp3) is 0.286. The molecule has 1 aromatic carbocycles. The molecule has 1 aromatic heterocycles. The molecule has 0 unspecified atom stereocenters. The van der Waals surface area contributed by atoms with Gasteiger partial charge in [-0.2, -0.15) is 0 Å². The zero-order valence-corrected chi connectivity index (χ0v) is 12.2. The minimum absolute atomic E-state index is 0.865. The maximum absolute atomic E-state index is 4.43. The van der Waals surface area contributed by atoms with Crippen LogP contribution in [0.2, 0.25) is 0 Å². The Morgan fingerprint density at radius 3 is 2.44 bits per heavy atom. The smallest absolute Gasteiger partial charge is 0.133 e. The first-order chi connectivity index (χ1) is 8.76. The number of halogens is 1. The van der Waals surface area contributed by atoms with E-state index >= 15 is 0 Å². The largest absolute Gasteiger partial charge is 0.370 e. The maximum atomic E-state index is 4.43. The van der Waals surface area contributed by atoms with E-state index in [-0.39, 0.29) is 0 Å². The molecule has 94 valence electrons. The van der Waals surface area contributed by atoms with Crippen molar-refractivity contribution in [2.24, 2.45) is 0 Å². The first-order valence-electron chi connectivity index (χ1n) is 6.10. The second kappa shape index (κ2) is 5.96. The molecule has 0 aliphatic heterocycles. The third-order valence-electron chi connectivity index (χ3n) is 2.76. The number of aromatic nitrogens is 2. The first kappa shape index (κ1) is 13.0. The lowest BCUT2D eigenvalue weighted by molar-refractivity contribution is 1.03. The lowest BCUT2D eigenvalue weighted by Gasteiger charge is -2.12. The van der Waals surface area contributed by atoms with Crippen LogP contribution in [0.3, 0.4) is 0 Å². The molecule has 2 rings (SSSR count). The van der Waals surface area contributed by atoms with Crippen LogP contribution in [-0.2, 0) is 6.42 Å². The summed E-state index contributed by atoms with van der Waals surface area (Å²) in [6.07, 6.45) is 2.53. The third kappa shape index (κ3) is 2.70. The van der Waals surface area contributed by atoms with Gasteiger partial charge < -0.3 is 5.32 Å². The Bertz CT molecular complexity index is 523. The normalized spacial score (nSPS) is 10.4. The van der Waals surface area contributed by atoms with Gasteiger partial charge in [-0.15, -0.1) is 0 Å². The Morgan fingerprint density at radius 1 is 1.11 bits per heavy atom. The van der Waals surface area contributed by atoms with Gasteiger partial charge in [0.05, 0.1) is 5.69 Å². The van der Waals surface area contributed by atoms with Crippen molar-refractivity contribution >= 4 is 21.7 Å². The van der Waals surface area contributed by atoms with E-state index in [0.717, 1.165) is 34.5 Å². The number of benzene rings is 1. The van der Waals surface area contributed by atoms with Crippen LogP contribution in [0.15, 0.2) is 35.1 Å². The van der Waals surface area contributed by atoms with Crippen molar-refractivity contribution in [3.63, 3.8) is 0 Å². The third-order valence-corrected chi connectivity index (χ3v) is 3.29. The molecule has 0 saturated heterocycles. The lowest BCUT2D eigenvalue weighted by atomic mass is 10.0. The second-order valence-corrected chi connectivity index (χ2v) is 4.86. The van der Waals surface area contributed by atoms with Crippen LogP contribution >= 0.6 is 15.9 Å². The van der Waals surface area contributed by atoms with E-state index in [1.807, 2.05) is 12.1 Å². The Morgan fingerprint density at radius 2 is 1.83 bits per heavy atom. The van der Waals surface area contributed by atoms with Gasteiger partial charge in [0, 0.05) is 22.1 Å². The summed E-state index contributed by atoms with van der Waals surface area (Å²) in [6.45, 7) is 5.06. The zero-order chi connectivity index (χ0) is 13.0. The van der Waals surface area contributed by atoms with Crippen molar-refractivity contribution in [1.82, 2.24) is 9.97 Å². The highest BCUT2D eigenvalue weighted by Crippen LogP contribution is 2.27. The van der Waals surface area contributed by atoms with E-state index in [0.29, 0.717) is 0 Å². The summed E-state index contributed by atoms with van der Waals surface area (Å²) >= 11 is 3.45. The molecule has 0 aliphatic rings. The van der Waals surface area contributed by atoms with Gasteiger partial charge in [0.15, 0.2) is 0 Å². The molecule has 0 atom stereocenters. The minimum atomic E-state index is 0.865. The molecule has 4 heteroatoms. The zero-order valence-electron chi connectivity index (χ0n) is 10.6. The van der Waals surface area contributed by atoms with E-state index in [2.05, 4.69) is 57.2 Å². The number of anilines is 1. The molecule has 2 aromatic rings. The van der Waals surface area contributed by atoms with Crippen LogP contribution < -0.4 is 5.32 Å². The molecule has 0 radical (unpaired) electrons.